The number of aromatic nitrogens is 4. The number of imidazole rings is 1. The van der Waals surface area contributed by atoms with Gasteiger partial charge in [0.1, 0.15) is 17.2 Å². The van der Waals surface area contributed by atoms with E-state index >= 15 is 0 Å². The van der Waals surface area contributed by atoms with Crippen LogP contribution < -0.4 is 5.73 Å². The maximum absolute atomic E-state index is 8.83. The van der Waals surface area contributed by atoms with Crippen molar-refractivity contribution in [3.63, 3.8) is 0 Å². The van der Waals surface area contributed by atoms with Gasteiger partial charge in [-0.15, -0.1) is 0 Å². The van der Waals surface area contributed by atoms with Crippen LogP contribution in [-0.4, -0.2) is 19.4 Å². The lowest BCUT2D eigenvalue weighted by atomic mass is 10.3. The third kappa shape index (κ3) is 1.55. The Kier molecular flexibility index (Phi) is 2.17. The van der Waals surface area contributed by atoms with Gasteiger partial charge in [0.2, 0.25) is 0 Å². The van der Waals surface area contributed by atoms with Crippen molar-refractivity contribution in [1.29, 1.82) is 5.26 Å². The summed E-state index contributed by atoms with van der Waals surface area (Å²) in [4.78, 5) is 12.4. The van der Waals surface area contributed by atoms with E-state index in [1.165, 1.54) is 6.20 Å². The molecule has 0 aliphatic rings. The van der Waals surface area contributed by atoms with E-state index in [1.807, 2.05) is 4.40 Å². The smallest absolute Gasteiger partial charge is 0.142 e. The molecule has 3 rings (SSSR count). The number of nitrogens with two attached hydrogens (primary N) is 1. The van der Waals surface area contributed by atoms with E-state index in [-0.39, 0.29) is 0 Å². The number of fused-ring (bicyclic) bond motifs is 1. The monoisotopic (exact) mass is 236 g/mol. The maximum atomic E-state index is 8.83. The third-order valence-electron chi connectivity index (χ3n) is 2.56. The van der Waals surface area contributed by atoms with E-state index in [0.717, 1.165) is 5.69 Å². The number of nitriles is 1. The average molecular weight is 236 g/mol. The van der Waals surface area contributed by atoms with E-state index < -0.39 is 0 Å². The Morgan fingerprint density at radius 2 is 2.17 bits per heavy atom. The van der Waals surface area contributed by atoms with Gasteiger partial charge in [0, 0.05) is 6.20 Å². The van der Waals surface area contributed by atoms with E-state index in [4.69, 9.17) is 11.0 Å². The summed E-state index contributed by atoms with van der Waals surface area (Å²) in [5.74, 6) is 0.357. The second kappa shape index (κ2) is 3.82. The number of rotatable bonds is 1. The van der Waals surface area contributed by atoms with Gasteiger partial charge in [0.15, 0.2) is 0 Å². The normalized spacial score (nSPS) is 10.4. The van der Waals surface area contributed by atoms with Crippen molar-refractivity contribution >= 4 is 11.5 Å². The summed E-state index contributed by atoms with van der Waals surface area (Å²) in [6, 6.07) is 5.51. The van der Waals surface area contributed by atoms with Crippen molar-refractivity contribution in [2.45, 2.75) is 0 Å². The Hall–Kier alpha value is -2.94. The molecule has 0 unspecified atom stereocenters. The number of nitrogens with zero attached hydrogens (tertiary/aromatic N) is 5. The quantitative estimate of drug-likeness (QED) is 0.686. The summed E-state index contributed by atoms with van der Waals surface area (Å²) in [5.41, 5.74) is 8.30. The second-order valence-corrected chi connectivity index (χ2v) is 3.73. The van der Waals surface area contributed by atoms with Crippen LogP contribution in [0.15, 0.2) is 36.9 Å². The lowest BCUT2D eigenvalue weighted by Gasteiger charge is -2.01. The molecule has 0 aliphatic heterocycles. The molecular formula is C12H8N6. The molecule has 3 aromatic heterocycles. The van der Waals surface area contributed by atoms with E-state index in [0.29, 0.717) is 22.7 Å². The molecule has 0 fully saturated rings. The summed E-state index contributed by atoms with van der Waals surface area (Å²) in [7, 11) is 0. The molecule has 0 aliphatic carbocycles. The first-order valence-corrected chi connectivity index (χ1v) is 5.23. The van der Waals surface area contributed by atoms with E-state index in [2.05, 4.69) is 21.0 Å². The average Bonchev–Trinajstić information content (AvgIpc) is 2.81. The fraction of sp³-hybridized carbons (Fsp3) is 0. The Labute approximate surface area is 102 Å². The minimum absolute atomic E-state index is 0.357. The fourth-order valence-corrected chi connectivity index (χ4v) is 1.74. The van der Waals surface area contributed by atoms with E-state index in [9.17, 15) is 0 Å². The largest absolute Gasteiger partial charge is 0.382 e. The molecule has 0 saturated heterocycles. The van der Waals surface area contributed by atoms with Gasteiger partial charge in [0.05, 0.1) is 35.9 Å². The highest BCUT2D eigenvalue weighted by Gasteiger charge is 2.08. The van der Waals surface area contributed by atoms with E-state index in [1.54, 1.807) is 30.7 Å². The number of hydrogen-bond donors (Lipinski definition) is 1. The number of anilines is 1. The van der Waals surface area contributed by atoms with Gasteiger partial charge in [0.25, 0.3) is 0 Å². The highest BCUT2D eigenvalue weighted by Crippen LogP contribution is 2.19. The maximum Gasteiger partial charge on any atom is 0.142 e. The molecule has 0 spiro atoms. The molecule has 0 saturated carbocycles. The number of nitrogen functional groups attached to an aromatic ring is 1. The number of hydrogen-bond acceptors (Lipinski definition) is 5. The summed E-state index contributed by atoms with van der Waals surface area (Å²) in [6.07, 6.45) is 6.57. The van der Waals surface area contributed by atoms with Crippen LogP contribution in [0.3, 0.4) is 0 Å². The molecule has 6 heteroatoms. The first kappa shape index (κ1) is 10.2. The van der Waals surface area contributed by atoms with Gasteiger partial charge in [-0.1, -0.05) is 0 Å². The first-order valence-electron chi connectivity index (χ1n) is 5.23. The molecule has 18 heavy (non-hydrogen) atoms. The summed E-state index contributed by atoms with van der Waals surface area (Å²) < 4.78 is 1.84. The topological polar surface area (TPSA) is 92.9 Å². The fourth-order valence-electron chi connectivity index (χ4n) is 1.74. The lowest BCUT2D eigenvalue weighted by Crippen LogP contribution is -1.96. The molecule has 0 amide bonds. The minimum Gasteiger partial charge on any atom is -0.382 e. The molecule has 0 radical (unpaired) electrons. The molecule has 6 nitrogen and oxygen atoms in total. The molecule has 2 N–H and O–H groups in total. The van der Waals surface area contributed by atoms with Crippen molar-refractivity contribution in [1.82, 2.24) is 19.4 Å². The molecule has 0 bridgehead atoms. The highest BCUT2D eigenvalue weighted by molar-refractivity contribution is 5.61. The Morgan fingerprint density at radius 3 is 2.94 bits per heavy atom. The first-order chi connectivity index (χ1) is 8.78. The lowest BCUT2D eigenvalue weighted by molar-refractivity contribution is 1.14. The van der Waals surface area contributed by atoms with Crippen LogP contribution in [0.1, 0.15) is 5.56 Å². The third-order valence-corrected chi connectivity index (χ3v) is 2.56. The summed E-state index contributed by atoms with van der Waals surface area (Å²) in [5, 5.41) is 8.83. The standard InChI is InChI=1S/C12H8N6/c13-4-8-1-2-18-10(6-16-12(18)3-8)9-5-15-7-11(14)17-9/h1-3,5-7H,(H2,14,17). The SMILES string of the molecule is N#Cc1ccn2c(-c3cncc(N)n3)cnc2c1. The van der Waals surface area contributed by atoms with Crippen LogP contribution in [0.25, 0.3) is 17.0 Å². The molecule has 0 atom stereocenters. The zero-order valence-corrected chi connectivity index (χ0v) is 9.28. The highest BCUT2D eigenvalue weighted by atomic mass is 15.0. The minimum atomic E-state index is 0.357. The molecule has 3 aromatic rings. The van der Waals surface area contributed by atoms with Gasteiger partial charge < -0.3 is 5.73 Å². The summed E-state index contributed by atoms with van der Waals surface area (Å²) >= 11 is 0. The molecule has 3 heterocycles. The zero-order valence-electron chi connectivity index (χ0n) is 9.28. The molecular weight excluding hydrogens is 228 g/mol. The Morgan fingerprint density at radius 1 is 1.28 bits per heavy atom. The number of pyridine rings is 1. The van der Waals surface area contributed by atoms with Crippen LogP contribution in [0.2, 0.25) is 0 Å². The van der Waals surface area contributed by atoms with Gasteiger partial charge in [-0.3, -0.25) is 9.38 Å². The van der Waals surface area contributed by atoms with Crippen molar-refractivity contribution in [3.05, 3.63) is 42.5 Å². The van der Waals surface area contributed by atoms with Crippen LogP contribution in [0.4, 0.5) is 5.82 Å². The van der Waals surface area contributed by atoms with Crippen molar-refractivity contribution in [2.24, 2.45) is 0 Å². The van der Waals surface area contributed by atoms with Gasteiger partial charge in [-0.2, -0.15) is 5.26 Å². The van der Waals surface area contributed by atoms with Gasteiger partial charge in [-0.25, -0.2) is 9.97 Å². The van der Waals surface area contributed by atoms with Gasteiger partial charge in [-0.05, 0) is 12.1 Å². The summed E-state index contributed by atoms with van der Waals surface area (Å²) in [6.45, 7) is 0. The Bertz CT molecular complexity index is 768. The Balaban J connectivity index is 2.22. The predicted molar refractivity (Wildman–Crippen MR) is 65.3 cm³/mol. The molecule has 86 valence electrons. The second-order valence-electron chi connectivity index (χ2n) is 3.73. The van der Waals surface area contributed by atoms with Crippen LogP contribution in [0.5, 0.6) is 0 Å². The van der Waals surface area contributed by atoms with Crippen molar-refractivity contribution in [3.8, 4) is 17.5 Å². The van der Waals surface area contributed by atoms with Crippen LogP contribution >= 0.6 is 0 Å². The molecule has 0 aromatic carbocycles. The zero-order chi connectivity index (χ0) is 12.5. The van der Waals surface area contributed by atoms with Crippen LogP contribution in [0, 0.1) is 11.3 Å². The van der Waals surface area contributed by atoms with Crippen LogP contribution in [-0.2, 0) is 0 Å². The van der Waals surface area contributed by atoms with Crippen molar-refractivity contribution in [2.75, 3.05) is 5.73 Å². The van der Waals surface area contributed by atoms with Gasteiger partial charge >= 0.3 is 0 Å². The predicted octanol–water partition coefficient (Wildman–Crippen LogP) is 1.25. The van der Waals surface area contributed by atoms with Crippen molar-refractivity contribution < 1.29 is 0 Å².